The molecule has 1 aliphatic rings. The number of amidine groups is 1. The standard InChI is InChI=1S/C15H24N4/c1-18-8-5-9-19(11-10-18)14(12-15(16)17)13-6-3-2-4-7-13/h2-4,6-7,14H,5,8-12H2,1H3,(H3,16,17). The molecule has 1 heterocycles. The van der Waals surface area contributed by atoms with Crippen molar-refractivity contribution in [3.05, 3.63) is 35.9 Å². The largest absolute Gasteiger partial charge is 0.388 e. The highest BCUT2D eigenvalue weighted by Crippen LogP contribution is 2.25. The molecule has 0 spiro atoms. The van der Waals surface area contributed by atoms with Gasteiger partial charge in [-0.1, -0.05) is 30.3 Å². The summed E-state index contributed by atoms with van der Waals surface area (Å²) in [6.07, 6.45) is 1.80. The summed E-state index contributed by atoms with van der Waals surface area (Å²) in [6, 6.07) is 10.7. The van der Waals surface area contributed by atoms with Crippen molar-refractivity contribution in [3.8, 4) is 0 Å². The minimum Gasteiger partial charge on any atom is -0.388 e. The Morgan fingerprint density at radius 3 is 2.63 bits per heavy atom. The Kier molecular flexibility index (Phi) is 4.93. The summed E-state index contributed by atoms with van der Waals surface area (Å²) < 4.78 is 0. The monoisotopic (exact) mass is 260 g/mol. The van der Waals surface area contributed by atoms with Gasteiger partial charge in [-0.15, -0.1) is 0 Å². The van der Waals surface area contributed by atoms with Gasteiger partial charge in [0.25, 0.3) is 0 Å². The van der Waals surface area contributed by atoms with E-state index in [0.29, 0.717) is 6.42 Å². The Hall–Kier alpha value is -1.39. The number of hydrogen-bond acceptors (Lipinski definition) is 3. The fourth-order valence-corrected chi connectivity index (χ4v) is 2.72. The first kappa shape index (κ1) is 14.0. The lowest BCUT2D eigenvalue weighted by molar-refractivity contribution is 0.207. The predicted molar refractivity (Wildman–Crippen MR) is 79.4 cm³/mol. The maximum Gasteiger partial charge on any atom is 0.0924 e. The second-order valence-electron chi connectivity index (χ2n) is 5.35. The summed E-state index contributed by atoms with van der Waals surface area (Å²) in [5, 5.41) is 7.63. The van der Waals surface area contributed by atoms with Crippen LogP contribution in [0.25, 0.3) is 0 Å². The van der Waals surface area contributed by atoms with Crippen LogP contribution in [0.2, 0.25) is 0 Å². The van der Waals surface area contributed by atoms with Crippen molar-refractivity contribution in [1.82, 2.24) is 9.80 Å². The molecular formula is C15H24N4. The molecule has 0 saturated carbocycles. The van der Waals surface area contributed by atoms with E-state index in [1.54, 1.807) is 0 Å². The fraction of sp³-hybridized carbons (Fsp3) is 0.533. The van der Waals surface area contributed by atoms with Gasteiger partial charge in [0, 0.05) is 32.1 Å². The highest BCUT2D eigenvalue weighted by atomic mass is 15.2. The first-order valence-corrected chi connectivity index (χ1v) is 6.97. The second kappa shape index (κ2) is 6.68. The van der Waals surface area contributed by atoms with Crippen molar-refractivity contribution >= 4 is 5.84 Å². The van der Waals surface area contributed by atoms with Gasteiger partial charge >= 0.3 is 0 Å². The van der Waals surface area contributed by atoms with Crippen molar-refractivity contribution in [1.29, 1.82) is 5.41 Å². The third-order valence-electron chi connectivity index (χ3n) is 3.79. The number of hydrogen-bond donors (Lipinski definition) is 2. The summed E-state index contributed by atoms with van der Waals surface area (Å²) in [4.78, 5) is 4.84. The smallest absolute Gasteiger partial charge is 0.0924 e. The highest BCUT2D eigenvalue weighted by molar-refractivity contribution is 5.77. The quantitative estimate of drug-likeness (QED) is 0.640. The van der Waals surface area contributed by atoms with Gasteiger partial charge in [0.1, 0.15) is 0 Å². The van der Waals surface area contributed by atoms with Gasteiger partial charge < -0.3 is 10.6 Å². The molecule has 3 N–H and O–H groups in total. The van der Waals surface area contributed by atoms with Gasteiger partial charge in [-0.2, -0.15) is 0 Å². The normalized spacial score (nSPS) is 19.8. The molecule has 19 heavy (non-hydrogen) atoms. The van der Waals surface area contributed by atoms with E-state index in [1.807, 2.05) is 6.07 Å². The van der Waals surface area contributed by atoms with Crippen LogP contribution in [0.15, 0.2) is 30.3 Å². The van der Waals surface area contributed by atoms with E-state index in [-0.39, 0.29) is 11.9 Å². The minimum absolute atomic E-state index is 0.241. The lowest BCUT2D eigenvalue weighted by Crippen LogP contribution is -2.34. The van der Waals surface area contributed by atoms with Gasteiger partial charge in [0.05, 0.1) is 5.84 Å². The van der Waals surface area contributed by atoms with Crippen LogP contribution in [0, 0.1) is 5.41 Å². The molecule has 0 bridgehead atoms. The summed E-state index contributed by atoms with van der Waals surface area (Å²) >= 11 is 0. The van der Waals surface area contributed by atoms with Crippen LogP contribution in [-0.2, 0) is 0 Å². The van der Waals surface area contributed by atoms with Crippen LogP contribution in [0.3, 0.4) is 0 Å². The molecule has 1 unspecified atom stereocenters. The lowest BCUT2D eigenvalue weighted by atomic mass is 10.0. The topological polar surface area (TPSA) is 56.4 Å². The van der Waals surface area contributed by atoms with Gasteiger partial charge in [-0.25, -0.2) is 0 Å². The summed E-state index contributed by atoms with van der Waals surface area (Å²) in [5.41, 5.74) is 6.92. The van der Waals surface area contributed by atoms with E-state index in [9.17, 15) is 0 Å². The van der Waals surface area contributed by atoms with E-state index >= 15 is 0 Å². The second-order valence-corrected chi connectivity index (χ2v) is 5.35. The molecule has 1 aliphatic heterocycles. The first-order chi connectivity index (χ1) is 9.16. The average Bonchev–Trinajstić information content (AvgIpc) is 2.62. The Bertz CT molecular complexity index is 404. The van der Waals surface area contributed by atoms with Crippen LogP contribution in [-0.4, -0.2) is 48.9 Å². The van der Waals surface area contributed by atoms with E-state index in [2.05, 4.69) is 41.1 Å². The van der Waals surface area contributed by atoms with Gasteiger partial charge in [-0.3, -0.25) is 10.3 Å². The molecule has 4 heteroatoms. The fourth-order valence-electron chi connectivity index (χ4n) is 2.72. The molecule has 0 aliphatic carbocycles. The number of benzene rings is 1. The minimum atomic E-state index is 0.241. The van der Waals surface area contributed by atoms with Crippen molar-refractivity contribution in [2.75, 3.05) is 33.2 Å². The molecule has 1 fully saturated rings. The zero-order chi connectivity index (χ0) is 13.7. The number of nitrogens with two attached hydrogens (primary N) is 1. The van der Waals surface area contributed by atoms with Gasteiger partial charge in [-0.05, 0) is 25.6 Å². The average molecular weight is 260 g/mol. The molecular weight excluding hydrogens is 236 g/mol. The Labute approximate surface area is 115 Å². The van der Waals surface area contributed by atoms with Crippen molar-refractivity contribution in [2.45, 2.75) is 18.9 Å². The number of rotatable bonds is 4. The Morgan fingerprint density at radius 2 is 1.95 bits per heavy atom. The number of likely N-dealkylation sites (N-methyl/N-ethyl adjacent to an activating group) is 1. The Balaban J connectivity index is 2.15. The number of nitrogens with one attached hydrogen (secondary N) is 1. The first-order valence-electron chi connectivity index (χ1n) is 6.97. The molecule has 104 valence electrons. The van der Waals surface area contributed by atoms with Crippen LogP contribution in [0.1, 0.15) is 24.4 Å². The van der Waals surface area contributed by atoms with Gasteiger partial charge in [0.15, 0.2) is 0 Å². The highest BCUT2D eigenvalue weighted by Gasteiger charge is 2.23. The zero-order valence-electron chi connectivity index (χ0n) is 11.7. The third kappa shape index (κ3) is 4.04. The summed E-state index contributed by atoms with van der Waals surface area (Å²) in [7, 11) is 2.17. The van der Waals surface area contributed by atoms with E-state index in [0.717, 1.165) is 26.2 Å². The van der Waals surface area contributed by atoms with E-state index < -0.39 is 0 Å². The van der Waals surface area contributed by atoms with E-state index in [4.69, 9.17) is 11.1 Å². The van der Waals surface area contributed by atoms with Crippen LogP contribution < -0.4 is 5.73 Å². The van der Waals surface area contributed by atoms with Crippen LogP contribution in [0.5, 0.6) is 0 Å². The third-order valence-corrected chi connectivity index (χ3v) is 3.79. The predicted octanol–water partition coefficient (Wildman–Crippen LogP) is 1.69. The molecule has 1 saturated heterocycles. The van der Waals surface area contributed by atoms with Crippen LogP contribution in [0.4, 0.5) is 0 Å². The molecule has 1 aromatic carbocycles. The summed E-state index contributed by atoms with van der Waals surface area (Å²) in [5.74, 6) is 0.270. The van der Waals surface area contributed by atoms with Crippen molar-refractivity contribution in [3.63, 3.8) is 0 Å². The van der Waals surface area contributed by atoms with Crippen LogP contribution >= 0.6 is 0 Å². The molecule has 0 aromatic heterocycles. The molecule has 2 rings (SSSR count). The SMILES string of the molecule is CN1CCCN(C(CC(=N)N)c2ccccc2)CC1. The Morgan fingerprint density at radius 1 is 1.21 bits per heavy atom. The maximum atomic E-state index is 7.63. The molecule has 0 radical (unpaired) electrons. The molecule has 4 nitrogen and oxygen atoms in total. The molecule has 0 amide bonds. The lowest BCUT2D eigenvalue weighted by Gasteiger charge is -2.30. The van der Waals surface area contributed by atoms with E-state index in [1.165, 1.54) is 12.0 Å². The van der Waals surface area contributed by atoms with Gasteiger partial charge in [0.2, 0.25) is 0 Å². The summed E-state index contributed by atoms with van der Waals surface area (Å²) in [6.45, 7) is 4.36. The molecule has 1 aromatic rings. The van der Waals surface area contributed by atoms with Crippen molar-refractivity contribution in [2.24, 2.45) is 5.73 Å². The van der Waals surface area contributed by atoms with Crippen molar-refractivity contribution < 1.29 is 0 Å². The zero-order valence-corrected chi connectivity index (χ0v) is 11.7. The number of nitrogens with zero attached hydrogens (tertiary/aromatic N) is 2. The molecule has 1 atom stereocenters. The maximum absolute atomic E-state index is 7.63.